The van der Waals surface area contributed by atoms with Crippen molar-refractivity contribution in [2.75, 3.05) is 0 Å². The van der Waals surface area contributed by atoms with Crippen LogP contribution in [0.5, 0.6) is 0 Å². The quantitative estimate of drug-likeness (QED) is 0.0613. The molecule has 0 unspecified atom stereocenters. The van der Waals surface area contributed by atoms with Gasteiger partial charge in [0, 0.05) is 25.2 Å². The maximum atomic E-state index is 13.7. The summed E-state index contributed by atoms with van der Waals surface area (Å²) >= 11 is 0. The molecular weight excluding hydrogens is 526 g/mol. The van der Waals surface area contributed by atoms with Crippen LogP contribution in [0.3, 0.4) is 0 Å². The fourth-order valence-electron chi connectivity index (χ4n) is 6.72. The smallest absolute Gasteiger partial charge is 0.150 e. The molecule has 0 aliphatic carbocycles. The Balaban J connectivity index is 2.33. The van der Waals surface area contributed by atoms with E-state index in [9.17, 15) is 9.59 Å². The molecule has 0 aliphatic rings. The molecule has 248 valence electrons. The Morgan fingerprint density at radius 2 is 0.837 bits per heavy atom. The summed E-state index contributed by atoms with van der Waals surface area (Å²) in [6, 6.07) is 3.82. The number of hydrogen-bond acceptors (Lipinski definition) is 3. The Labute approximate surface area is 268 Å². The van der Waals surface area contributed by atoms with Crippen LogP contribution in [0, 0.1) is 0 Å². The van der Waals surface area contributed by atoms with E-state index >= 15 is 0 Å². The van der Waals surface area contributed by atoms with Gasteiger partial charge in [-0.05, 0) is 30.9 Å². The predicted molar refractivity (Wildman–Crippen MR) is 187 cm³/mol. The molecule has 0 aliphatic heterocycles. The van der Waals surface area contributed by atoms with Crippen LogP contribution in [0.2, 0.25) is 0 Å². The molecule has 43 heavy (non-hydrogen) atoms. The lowest BCUT2D eigenvalue weighted by molar-refractivity contribution is -0.135. The molecule has 3 nitrogen and oxygen atoms in total. The summed E-state index contributed by atoms with van der Waals surface area (Å²) in [4.78, 5) is 31.7. The molecule has 0 N–H and O–H groups in total. The monoisotopic (exact) mass is 598 g/mol. The fourth-order valence-corrected chi connectivity index (χ4v) is 6.72. The molecule has 0 bridgehead atoms. The second-order valence-corrected chi connectivity index (χ2v) is 13.3. The number of carbonyl (C=O) groups is 2. The summed E-state index contributed by atoms with van der Waals surface area (Å²) in [5.41, 5.74) is -0.209. The van der Waals surface area contributed by atoms with Gasteiger partial charge >= 0.3 is 0 Å². The van der Waals surface area contributed by atoms with Crippen molar-refractivity contribution >= 4 is 11.6 Å². The van der Waals surface area contributed by atoms with Gasteiger partial charge in [0.15, 0.2) is 11.6 Å². The van der Waals surface area contributed by atoms with Crippen molar-refractivity contribution in [1.82, 2.24) is 4.98 Å². The van der Waals surface area contributed by atoms with Crippen molar-refractivity contribution in [2.45, 2.75) is 212 Å². The number of aromatic nitrogens is 1. The van der Waals surface area contributed by atoms with Gasteiger partial charge < -0.3 is 0 Å². The Morgan fingerprint density at radius 1 is 0.512 bits per heavy atom. The first-order chi connectivity index (χ1) is 21.1. The summed E-state index contributed by atoms with van der Waals surface area (Å²) in [7, 11) is 0. The van der Waals surface area contributed by atoms with E-state index in [0.717, 1.165) is 31.2 Å². The lowest BCUT2D eigenvalue weighted by Crippen LogP contribution is -2.43. The topological polar surface area (TPSA) is 47.0 Å². The Hall–Kier alpha value is -1.51. The minimum Gasteiger partial charge on any atom is -0.298 e. The van der Waals surface area contributed by atoms with Crippen LogP contribution in [0.15, 0.2) is 24.5 Å². The van der Waals surface area contributed by atoms with Crippen LogP contribution in [-0.2, 0) is 15.0 Å². The molecule has 3 heteroatoms. The highest BCUT2D eigenvalue weighted by Crippen LogP contribution is 2.34. The molecule has 0 amide bonds. The minimum atomic E-state index is -1.01. The Bertz CT molecular complexity index is 732. The van der Waals surface area contributed by atoms with E-state index in [1.54, 1.807) is 12.4 Å². The van der Waals surface area contributed by atoms with Gasteiger partial charge in [-0.25, -0.2) is 0 Å². The van der Waals surface area contributed by atoms with Crippen molar-refractivity contribution in [3.8, 4) is 0 Å². The molecule has 1 aromatic heterocycles. The van der Waals surface area contributed by atoms with Gasteiger partial charge in [0.05, 0.1) is 0 Å². The maximum absolute atomic E-state index is 13.7. The molecule has 0 aromatic carbocycles. The zero-order valence-corrected chi connectivity index (χ0v) is 29.1. The van der Waals surface area contributed by atoms with Gasteiger partial charge in [0.2, 0.25) is 0 Å². The maximum Gasteiger partial charge on any atom is 0.150 e. The second-order valence-electron chi connectivity index (χ2n) is 13.3. The third-order valence-electron chi connectivity index (χ3n) is 9.65. The number of carbonyl (C=O) groups excluding carboxylic acids is 2. The summed E-state index contributed by atoms with van der Waals surface area (Å²) in [5.74, 6) is 0.233. The van der Waals surface area contributed by atoms with E-state index in [-0.39, 0.29) is 11.6 Å². The van der Waals surface area contributed by atoms with Crippen LogP contribution in [0.25, 0.3) is 0 Å². The van der Waals surface area contributed by atoms with Gasteiger partial charge in [0.1, 0.15) is 5.41 Å². The molecule has 0 fully saturated rings. The normalized spacial score (nSPS) is 11.7. The molecule has 1 rings (SSSR count). The number of nitrogens with zero attached hydrogens (tertiary/aromatic N) is 1. The molecule has 0 saturated heterocycles. The van der Waals surface area contributed by atoms with Crippen molar-refractivity contribution in [3.63, 3.8) is 0 Å². The van der Waals surface area contributed by atoms with Crippen LogP contribution in [0.1, 0.15) is 213 Å². The first-order valence-corrected chi connectivity index (χ1v) is 19.1. The van der Waals surface area contributed by atoms with Crippen molar-refractivity contribution < 1.29 is 9.59 Å². The van der Waals surface area contributed by atoms with Crippen molar-refractivity contribution in [2.24, 2.45) is 0 Å². The number of rotatable bonds is 32. The zero-order chi connectivity index (χ0) is 31.3. The third-order valence-corrected chi connectivity index (χ3v) is 9.65. The van der Waals surface area contributed by atoms with Crippen LogP contribution >= 0.6 is 0 Å². The van der Waals surface area contributed by atoms with E-state index in [2.05, 4.69) is 18.8 Å². The predicted octanol–water partition coefficient (Wildman–Crippen LogP) is 12.8. The average Bonchev–Trinajstić information content (AvgIpc) is 3.03. The van der Waals surface area contributed by atoms with E-state index < -0.39 is 5.41 Å². The molecule has 1 aromatic rings. The van der Waals surface area contributed by atoms with Crippen LogP contribution in [0.4, 0.5) is 0 Å². The van der Waals surface area contributed by atoms with E-state index in [1.807, 2.05) is 19.1 Å². The minimum absolute atomic E-state index is 0.116. The zero-order valence-electron chi connectivity index (χ0n) is 29.1. The number of unbranched alkanes of at least 4 members (excludes halogenated alkanes) is 24. The van der Waals surface area contributed by atoms with Crippen molar-refractivity contribution in [1.29, 1.82) is 0 Å². The van der Waals surface area contributed by atoms with E-state index in [0.29, 0.717) is 19.3 Å². The van der Waals surface area contributed by atoms with E-state index in [1.165, 1.54) is 141 Å². The molecule has 1 heterocycles. The summed E-state index contributed by atoms with van der Waals surface area (Å²) in [6.45, 7) is 6.56. The highest BCUT2D eigenvalue weighted by molar-refractivity contribution is 6.12. The summed E-state index contributed by atoms with van der Waals surface area (Å²) in [6.07, 6.45) is 38.6. The Morgan fingerprint density at radius 3 is 1.12 bits per heavy atom. The largest absolute Gasteiger partial charge is 0.298 e. The van der Waals surface area contributed by atoms with Crippen LogP contribution < -0.4 is 0 Å². The molecule has 0 radical (unpaired) electrons. The second kappa shape index (κ2) is 28.0. The highest BCUT2D eigenvalue weighted by atomic mass is 16.2. The molecule has 0 spiro atoms. The number of hydrogen-bond donors (Lipinski definition) is 0. The average molecular weight is 598 g/mol. The molecule has 0 atom stereocenters. The van der Waals surface area contributed by atoms with Gasteiger partial charge in [-0.1, -0.05) is 181 Å². The lowest BCUT2D eigenvalue weighted by atomic mass is 9.69. The highest BCUT2D eigenvalue weighted by Gasteiger charge is 2.44. The number of ketones is 2. The summed E-state index contributed by atoms with van der Waals surface area (Å²) < 4.78 is 0. The first kappa shape index (κ1) is 39.5. The van der Waals surface area contributed by atoms with Gasteiger partial charge in [-0.3, -0.25) is 14.6 Å². The van der Waals surface area contributed by atoms with Gasteiger partial charge in [-0.2, -0.15) is 0 Å². The fraction of sp³-hybridized carbons (Fsp3) is 0.825. The van der Waals surface area contributed by atoms with Gasteiger partial charge in [-0.15, -0.1) is 0 Å². The number of Topliss-reactive ketones (excluding diaryl/α,β-unsaturated/α-hetero) is 2. The number of pyridine rings is 1. The lowest BCUT2D eigenvalue weighted by Gasteiger charge is -2.30. The third kappa shape index (κ3) is 18.1. The van der Waals surface area contributed by atoms with Crippen LogP contribution in [-0.4, -0.2) is 16.6 Å². The van der Waals surface area contributed by atoms with E-state index in [4.69, 9.17) is 0 Å². The molecule has 0 saturated carbocycles. The SMILES string of the molecule is CCCCCCCCCCCCCCCC(=O)C(CC)(C(=O)CCCCCCCCCCCCCCC)c1cccnc1. The first-order valence-electron chi connectivity index (χ1n) is 19.1. The van der Waals surface area contributed by atoms with Crippen molar-refractivity contribution in [3.05, 3.63) is 30.1 Å². The summed E-state index contributed by atoms with van der Waals surface area (Å²) in [5, 5.41) is 0. The standard InChI is InChI=1S/C40H71NO2/c1-4-7-9-11-13-15-17-19-21-23-25-27-29-33-38(42)40(6-3,37-32-31-35-41-36-37)39(43)34-30-28-26-24-22-20-18-16-14-12-10-8-5-2/h31-32,35-36H,4-30,33-34H2,1-3H3. The molecular formula is C40H71NO2. The van der Waals surface area contributed by atoms with Gasteiger partial charge in [0.25, 0.3) is 0 Å². The Kier molecular flexibility index (Phi) is 25.7.